The third-order valence-electron chi connectivity index (χ3n) is 10.4. The maximum Gasteiger partial charge on any atom is 0.164 e. The zero-order valence-corrected chi connectivity index (χ0v) is 30.5. The summed E-state index contributed by atoms with van der Waals surface area (Å²) < 4.78 is 17.1. The monoisotopic (exact) mass is 796 g/mol. The number of halogens is 1. The summed E-state index contributed by atoms with van der Waals surface area (Å²) in [6.07, 6.45) is 8.50. The van der Waals surface area contributed by atoms with Gasteiger partial charge in [0.05, 0.1) is 5.65 Å². The van der Waals surface area contributed by atoms with Crippen LogP contribution in [0.4, 0.5) is 4.39 Å². The number of aromatic nitrogens is 2. The van der Waals surface area contributed by atoms with Crippen LogP contribution in [0.2, 0.25) is 0 Å². The van der Waals surface area contributed by atoms with Gasteiger partial charge in [0.15, 0.2) is 5.78 Å². The standard InChI is InChI=1S/C25H16FN2.C15H28O2.Ir/c1-14-7-8-16-12-21-23(15(2)19(16)11-14)20-13-22(26)17-5-3-4-6-18(17)24(20)28-10-9-27-25(21)28;1-7-14(5,8-2)12(16)11-13(17)15(6,9-3)10-4;/h3-11,13H,1-2H3;11,16H,7-10H2,1-6H3;/q-1;;/b;12-11-;. The van der Waals surface area contributed by atoms with E-state index >= 15 is 4.39 Å². The molecule has 0 aliphatic rings. The number of pyridine rings is 1. The first-order chi connectivity index (χ1) is 21.4. The maximum atomic E-state index is 15.0. The summed E-state index contributed by atoms with van der Waals surface area (Å²) in [6, 6.07) is 19.3. The first-order valence-electron chi connectivity index (χ1n) is 16.1. The molecule has 0 spiro atoms. The van der Waals surface area contributed by atoms with Crippen LogP contribution in [0.3, 0.4) is 0 Å². The molecule has 0 fully saturated rings. The number of carbonyl (C=O) groups is 1. The zero-order chi connectivity index (χ0) is 32.7. The van der Waals surface area contributed by atoms with Crippen LogP contribution in [0.5, 0.6) is 0 Å². The van der Waals surface area contributed by atoms with Crippen molar-refractivity contribution in [2.75, 3.05) is 0 Å². The Bertz CT molecular complexity index is 2100. The van der Waals surface area contributed by atoms with Crippen molar-refractivity contribution in [1.29, 1.82) is 0 Å². The normalized spacial score (nSPS) is 12.5. The minimum Gasteiger partial charge on any atom is -0.512 e. The van der Waals surface area contributed by atoms with Gasteiger partial charge in [-0.05, 0) is 44.1 Å². The largest absolute Gasteiger partial charge is 0.512 e. The molecule has 1 radical (unpaired) electrons. The molecule has 1 N–H and O–H groups in total. The van der Waals surface area contributed by atoms with E-state index in [1.807, 2.05) is 72.0 Å². The first kappa shape index (κ1) is 35.3. The summed E-state index contributed by atoms with van der Waals surface area (Å²) in [7, 11) is 0. The number of rotatable bonds is 7. The summed E-state index contributed by atoms with van der Waals surface area (Å²) in [5.41, 5.74) is 3.57. The Balaban J connectivity index is 0.000000234. The summed E-state index contributed by atoms with van der Waals surface area (Å²) in [5.74, 6) is 0.0846. The number of nitrogens with zero attached hydrogens (tertiary/aromatic N) is 2. The fourth-order valence-electron chi connectivity index (χ4n) is 6.22. The van der Waals surface area contributed by atoms with Crippen LogP contribution in [0.15, 0.2) is 72.8 Å². The fourth-order valence-corrected chi connectivity index (χ4v) is 6.22. The molecular weight excluding hydrogens is 752 g/mol. The van der Waals surface area contributed by atoms with Gasteiger partial charge < -0.3 is 9.51 Å². The van der Waals surface area contributed by atoms with E-state index in [2.05, 4.69) is 47.5 Å². The van der Waals surface area contributed by atoms with Crippen molar-refractivity contribution in [2.45, 2.75) is 81.1 Å². The molecule has 46 heavy (non-hydrogen) atoms. The van der Waals surface area contributed by atoms with Gasteiger partial charge in [0.2, 0.25) is 0 Å². The number of benzene rings is 4. The van der Waals surface area contributed by atoms with Crippen LogP contribution >= 0.6 is 0 Å². The average Bonchev–Trinajstić information content (AvgIpc) is 3.54. The number of aryl methyl sites for hydroxylation is 2. The molecule has 6 aromatic rings. The Hall–Kier alpha value is -3.60. The van der Waals surface area contributed by atoms with E-state index in [0.29, 0.717) is 5.39 Å². The number of imidazole rings is 1. The Kier molecular flexibility index (Phi) is 10.4. The second kappa shape index (κ2) is 13.6. The number of carbonyl (C=O) groups excluding carboxylic acids is 1. The smallest absolute Gasteiger partial charge is 0.164 e. The van der Waals surface area contributed by atoms with Crippen LogP contribution in [-0.2, 0) is 24.9 Å². The molecule has 0 saturated carbocycles. The van der Waals surface area contributed by atoms with Crippen LogP contribution in [-0.4, -0.2) is 20.3 Å². The van der Waals surface area contributed by atoms with Crippen molar-refractivity contribution >= 4 is 54.7 Å². The van der Waals surface area contributed by atoms with E-state index in [1.165, 1.54) is 11.6 Å². The molecule has 243 valence electrons. The van der Waals surface area contributed by atoms with Gasteiger partial charge >= 0.3 is 0 Å². The summed E-state index contributed by atoms with van der Waals surface area (Å²) in [4.78, 5) is 16.8. The predicted molar refractivity (Wildman–Crippen MR) is 187 cm³/mol. The van der Waals surface area contributed by atoms with Gasteiger partial charge in [-0.15, -0.1) is 23.1 Å². The molecule has 0 aliphatic heterocycles. The van der Waals surface area contributed by atoms with Crippen molar-refractivity contribution in [3.8, 4) is 0 Å². The van der Waals surface area contributed by atoms with E-state index in [-0.39, 0.29) is 48.3 Å². The number of allylic oxidation sites excluding steroid dienone is 2. The maximum absolute atomic E-state index is 15.0. The van der Waals surface area contributed by atoms with Gasteiger partial charge in [-0.2, -0.15) is 0 Å². The second-order valence-electron chi connectivity index (χ2n) is 12.9. The molecular formula is C40H44FIrN2O2-. The first-order valence-corrected chi connectivity index (χ1v) is 16.1. The van der Waals surface area contributed by atoms with E-state index in [1.54, 1.807) is 12.3 Å². The van der Waals surface area contributed by atoms with Crippen molar-refractivity contribution in [1.82, 2.24) is 9.38 Å². The van der Waals surface area contributed by atoms with Gasteiger partial charge in [-0.25, -0.2) is 4.39 Å². The summed E-state index contributed by atoms with van der Waals surface area (Å²) in [5, 5.41) is 16.7. The van der Waals surface area contributed by atoms with Crippen LogP contribution in [0, 0.1) is 36.6 Å². The molecule has 0 atom stereocenters. The molecule has 0 unspecified atom stereocenters. The van der Waals surface area contributed by atoms with Gasteiger partial charge in [0, 0.05) is 65.7 Å². The van der Waals surface area contributed by atoms with Crippen molar-refractivity contribution in [3.63, 3.8) is 0 Å². The number of hydrogen-bond acceptors (Lipinski definition) is 3. The average molecular weight is 796 g/mol. The van der Waals surface area contributed by atoms with E-state index in [4.69, 9.17) is 0 Å². The molecule has 2 heterocycles. The SMILES string of the molecule is CCC(C)(CC)C(=O)/C=C(\O)C(C)(CC)CC.Cc1ccc2[c-]c3c(c(C)c2c1)c1cc(F)c2ccccc2c1n1ccnc31.[Ir]. The van der Waals surface area contributed by atoms with Crippen molar-refractivity contribution in [2.24, 2.45) is 10.8 Å². The van der Waals surface area contributed by atoms with Crippen molar-refractivity contribution < 1.29 is 34.4 Å². The third kappa shape index (κ3) is 5.98. The van der Waals surface area contributed by atoms with E-state index in [0.717, 1.165) is 74.7 Å². The molecule has 6 heteroatoms. The Morgan fingerprint density at radius 2 is 1.54 bits per heavy atom. The van der Waals surface area contributed by atoms with Crippen LogP contribution < -0.4 is 0 Å². The van der Waals surface area contributed by atoms with Gasteiger partial charge in [0.25, 0.3) is 0 Å². The van der Waals surface area contributed by atoms with Crippen molar-refractivity contribution in [3.05, 3.63) is 95.8 Å². The number of aliphatic hydroxyl groups is 1. The number of hydrogen-bond donors (Lipinski definition) is 1. The zero-order valence-electron chi connectivity index (χ0n) is 28.1. The molecule has 0 saturated heterocycles. The summed E-state index contributed by atoms with van der Waals surface area (Å²) >= 11 is 0. The Morgan fingerprint density at radius 1 is 0.913 bits per heavy atom. The van der Waals surface area contributed by atoms with Gasteiger partial charge in [-0.3, -0.25) is 9.78 Å². The topological polar surface area (TPSA) is 54.6 Å². The molecule has 0 bridgehead atoms. The molecule has 4 aromatic carbocycles. The van der Waals surface area contributed by atoms with Crippen LogP contribution in [0.1, 0.15) is 78.4 Å². The third-order valence-corrected chi connectivity index (χ3v) is 10.4. The molecule has 2 aromatic heterocycles. The molecule has 0 amide bonds. The molecule has 4 nitrogen and oxygen atoms in total. The Labute approximate surface area is 285 Å². The van der Waals surface area contributed by atoms with E-state index in [9.17, 15) is 9.90 Å². The molecule has 0 aliphatic carbocycles. The summed E-state index contributed by atoms with van der Waals surface area (Å²) in [6.45, 7) is 16.3. The van der Waals surface area contributed by atoms with Gasteiger partial charge in [0.1, 0.15) is 11.6 Å². The minimum atomic E-state index is -0.337. The number of ketones is 1. The predicted octanol–water partition coefficient (Wildman–Crippen LogP) is 11.2. The van der Waals surface area contributed by atoms with E-state index < -0.39 is 0 Å². The van der Waals surface area contributed by atoms with Gasteiger partial charge in [-0.1, -0.05) is 107 Å². The fraction of sp³-hybridized carbons (Fsp3) is 0.350. The minimum absolute atomic E-state index is 0. The Morgan fingerprint density at radius 3 is 2.17 bits per heavy atom. The number of aliphatic hydroxyl groups excluding tert-OH is 1. The quantitative estimate of drug-likeness (QED) is 0.0576. The van der Waals surface area contributed by atoms with Crippen LogP contribution in [0.25, 0.3) is 48.9 Å². The molecule has 6 rings (SSSR count). The number of fused-ring (bicyclic) bond motifs is 9. The second-order valence-corrected chi connectivity index (χ2v) is 12.9.